The number of rotatable bonds is 14. The van der Waals surface area contributed by atoms with Crippen LogP contribution in [0.25, 0.3) is 0 Å². The van der Waals surface area contributed by atoms with Gasteiger partial charge in [-0.25, -0.2) is 9.59 Å². The summed E-state index contributed by atoms with van der Waals surface area (Å²) in [5.74, 6) is 2.03. The highest BCUT2D eigenvalue weighted by Gasteiger charge is 2.32. The van der Waals surface area contributed by atoms with Gasteiger partial charge in [-0.05, 0) is 94.7 Å². The minimum Gasteiger partial charge on any atom is -0.470 e. The number of nitrogens with zero attached hydrogens (tertiary/aromatic N) is 7. The molecule has 0 aromatic carbocycles. The van der Waals surface area contributed by atoms with Crippen molar-refractivity contribution in [1.29, 1.82) is 0 Å². The Morgan fingerprint density at radius 2 is 1.06 bits per heavy atom. The largest absolute Gasteiger partial charge is 0.509 e. The van der Waals surface area contributed by atoms with Gasteiger partial charge >= 0.3 is 12.3 Å². The first-order valence-electron chi connectivity index (χ1n) is 20.7. The zero-order valence-corrected chi connectivity index (χ0v) is 41.8. The standard InChI is InChI=1S/C20H34N4O6S.C18H32N4O5S.C2H3ClO/c1-14(25)24(19(2,3)4)12-15(29-18(26)30-20(5,6)7)13-28-17-16(21-31-22-17)23-8-10-27-11-9-23;1-17(2,3)19-11-13(26-16(23)27-18(4,5)6)12-25-15-14(20-28-21-15)22-7-9-24-10-8-22;1-2(3)4/h15H,8-13H2,1-7H3;13,19H,7-12H2,1-6H3;1H3/t15-;13-;/m00./s1. The number of hydrogen-bond acceptors (Lipinski definition) is 21. The number of anilines is 2. The van der Waals surface area contributed by atoms with Gasteiger partial charge in [-0.15, -0.1) is 8.75 Å². The predicted octanol–water partition coefficient (Wildman–Crippen LogP) is 5.95. The van der Waals surface area contributed by atoms with Gasteiger partial charge in [0.25, 0.3) is 11.8 Å². The Hall–Kier alpha value is -3.83. The van der Waals surface area contributed by atoms with E-state index in [0.717, 1.165) is 36.5 Å². The maximum absolute atomic E-state index is 12.3. The molecule has 4 heterocycles. The highest BCUT2D eigenvalue weighted by molar-refractivity contribution is 6.99. The molecule has 0 radical (unpaired) electrons. The summed E-state index contributed by atoms with van der Waals surface area (Å²) >= 11 is 6.78. The van der Waals surface area contributed by atoms with Crippen LogP contribution in [0.5, 0.6) is 11.8 Å². The molecule has 20 nitrogen and oxygen atoms in total. The molecule has 2 atom stereocenters. The van der Waals surface area contributed by atoms with E-state index in [9.17, 15) is 19.2 Å². The molecular formula is C40H69ClN8O12S2. The molecule has 0 aliphatic carbocycles. The van der Waals surface area contributed by atoms with E-state index >= 15 is 0 Å². The van der Waals surface area contributed by atoms with Gasteiger partial charge in [0.2, 0.25) is 22.8 Å². The first-order valence-corrected chi connectivity index (χ1v) is 22.5. The average molecular weight is 954 g/mol. The lowest BCUT2D eigenvalue weighted by molar-refractivity contribution is -0.136. The number of nitrogens with one attached hydrogen (secondary N) is 1. The van der Waals surface area contributed by atoms with Gasteiger partial charge < -0.3 is 57.9 Å². The van der Waals surface area contributed by atoms with Gasteiger partial charge in [0, 0.05) is 57.6 Å². The Morgan fingerprint density at radius 1 is 0.683 bits per heavy atom. The van der Waals surface area contributed by atoms with Gasteiger partial charge in [-0.3, -0.25) is 9.59 Å². The Morgan fingerprint density at radius 3 is 1.41 bits per heavy atom. The Balaban J connectivity index is 0.000000401. The summed E-state index contributed by atoms with van der Waals surface area (Å²) < 4.78 is 61.2. The molecule has 23 heteroatoms. The van der Waals surface area contributed by atoms with Gasteiger partial charge in [0.1, 0.15) is 24.4 Å². The average Bonchev–Trinajstić information content (AvgIpc) is 3.82. The molecule has 2 aromatic heterocycles. The third kappa shape index (κ3) is 23.6. The molecule has 63 heavy (non-hydrogen) atoms. The predicted molar refractivity (Wildman–Crippen MR) is 241 cm³/mol. The van der Waals surface area contributed by atoms with E-state index in [2.05, 4.69) is 39.3 Å². The van der Waals surface area contributed by atoms with E-state index in [4.69, 9.17) is 37.9 Å². The van der Waals surface area contributed by atoms with Crippen molar-refractivity contribution in [2.45, 2.75) is 131 Å². The van der Waals surface area contributed by atoms with Crippen molar-refractivity contribution in [1.82, 2.24) is 27.7 Å². The SMILES string of the molecule is CC(=O)Cl.CC(=O)N(C[C@@H](COc1nsnc1N1CCOCC1)OC(=O)OC(C)(C)C)C(C)(C)C.CC(C)(C)NC[C@@H](COc1nsnc1N1CCOCC1)OC(=O)OC(C)(C)C. The minimum atomic E-state index is -0.816. The second-order valence-corrected chi connectivity index (χ2v) is 20.0. The van der Waals surface area contributed by atoms with Crippen LogP contribution in [-0.2, 0) is 38.0 Å². The van der Waals surface area contributed by atoms with Crippen LogP contribution in [0.1, 0.15) is 96.9 Å². The maximum atomic E-state index is 12.3. The molecule has 0 bridgehead atoms. The van der Waals surface area contributed by atoms with E-state index in [1.807, 2.05) is 46.4 Å². The van der Waals surface area contributed by atoms with E-state index in [-0.39, 0.29) is 36.4 Å². The van der Waals surface area contributed by atoms with Crippen molar-refractivity contribution < 1.29 is 57.1 Å². The summed E-state index contributed by atoms with van der Waals surface area (Å²) in [6.45, 7) is 31.4. The smallest absolute Gasteiger partial charge is 0.470 e. The maximum Gasteiger partial charge on any atom is 0.509 e. The highest BCUT2D eigenvalue weighted by Crippen LogP contribution is 2.28. The van der Waals surface area contributed by atoms with Gasteiger partial charge in [0.05, 0.1) is 56.4 Å². The normalized spacial score (nSPS) is 15.6. The van der Waals surface area contributed by atoms with Crippen LogP contribution in [0.3, 0.4) is 0 Å². The molecular weight excluding hydrogens is 884 g/mol. The minimum absolute atomic E-state index is 0.00184. The van der Waals surface area contributed by atoms with E-state index in [0.29, 0.717) is 69.5 Å². The number of aromatic nitrogens is 4. The van der Waals surface area contributed by atoms with Gasteiger partial charge in [-0.1, -0.05) is 0 Å². The number of ether oxygens (including phenoxy) is 8. The summed E-state index contributed by atoms with van der Waals surface area (Å²) in [6, 6.07) is 0. The Labute approximate surface area is 385 Å². The fourth-order valence-corrected chi connectivity index (χ4v) is 6.43. The molecule has 2 aliphatic rings. The van der Waals surface area contributed by atoms with Crippen LogP contribution < -0.4 is 24.6 Å². The summed E-state index contributed by atoms with van der Waals surface area (Å²) in [5.41, 5.74) is -1.91. The molecule has 0 saturated carbocycles. The molecule has 4 rings (SSSR count). The van der Waals surface area contributed by atoms with Crippen molar-refractivity contribution in [3.05, 3.63) is 0 Å². The third-order valence-corrected chi connectivity index (χ3v) is 9.06. The summed E-state index contributed by atoms with van der Waals surface area (Å²) in [6.07, 6.45) is -2.82. The topological polar surface area (TPSA) is 215 Å². The third-order valence-electron chi connectivity index (χ3n) is 8.06. The molecule has 1 amide bonds. The first-order chi connectivity index (χ1) is 29.1. The molecule has 2 aromatic rings. The molecule has 0 unspecified atom stereocenters. The second-order valence-electron chi connectivity index (χ2n) is 18.4. The fraction of sp³-hybridized carbons (Fsp3) is 0.800. The van der Waals surface area contributed by atoms with Crippen LogP contribution in [0, 0.1) is 0 Å². The number of halogens is 1. The summed E-state index contributed by atoms with van der Waals surface area (Å²) in [4.78, 5) is 51.6. The van der Waals surface area contributed by atoms with E-state index in [1.165, 1.54) is 13.8 Å². The van der Waals surface area contributed by atoms with Crippen LogP contribution in [-0.4, -0.2) is 159 Å². The van der Waals surface area contributed by atoms with Crippen molar-refractivity contribution in [3.63, 3.8) is 0 Å². The van der Waals surface area contributed by atoms with Crippen LogP contribution >= 0.6 is 35.1 Å². The zero-order chi connectivity index (χ0) is 47.6. The van der Waals surface area contributed by atoms with E-state index < -0.39 is 41.3 Å². The van der Waals surface area contributed by atoms with Crippen molar-refractivity contribution in [2.75, 3.05) is 88.7 Å². The Bertz CT molecular complexity index is 1690. The number of hydrogen-bond donors (Lipinski definition) is 1. The zero-order valence-electron chi connectivity index (χ0n) is 39.4. The lowest BCUT2D eigenvalue weighted by Crippen LogP contribution is -2.50. The van der Waals surface area contributed by atoms with Crippen LogP contribution in [0.2, 0.25) is 0 Å². The summed E-state index contributed by atoms with van der Waals surface area (Å²) in [7, 11) is 0. The van der Waals surface area contributed by atoms with Gasteiger partial charge in [0.15, 0.2) is 12.2 Å². The molecule has 2 saturated heterocycles. The number of carbonyl (C=O) groups is 4. The lowest BCUT2D eigenvalue weighted by atomic mass is 10.1. The molecule has 1 N–H and O–H groups in total. The number of morpholine rings is 2. The van der Waals surface area contributed by atoms with E-state index in [1.54, 1.807) is 46.4 Å². The molecule has 360 valence electrons. The second kappa shape index (κ2) is 25.6. The highest BCUT2D eigenvalue weighted by atomic mass is 35.5. The summed E-state index contributed by atoms with van der Waals surface area (Å²) in [5, 5.41) is 2.96. The monoisotopic (exact) mass is 952 g/mol. The first kappa shape index (κ1) is 55.3. The quantitative estimate of drug-likeness (QED) is 0.171. The van der Waals surface area contributed by atoms with Crippen LogP contribution in [0.4, 0.5) is 21.2 Å². The Kier molecular flexibility index (Phi) is 22.5. The molecule has 2 aliphatic heterocycles. The van der Waals surface area contributed by atoms with Gasteiger partial charge in [-0.2, -0.15) is 8.75 Å². The van der Waals surface area contributed by atoms with Crippen molar-refractivity contribution in [3.8, 4) is 11.8 Å². The van der Waals surface area contributed by atoms with Crippen molar-refractivity contribution >= 4 is 70.2 Å². The van der Waals surface area contributed by atoms with Crippen LogP contribution in [0.15, 0.2) is 0 Å². The molecule has 2 fully saturated rings. The fourth-order valence-electron chi connectivity index (χ4n) is 5.39. The number of carbonyl (C=O) groups excluding carboxylic acids is 4. The molecule has 0 spiro atoms. The lowest BCUT2D eigenvalue weighted by Gasteiger charge is -2.37. The number of amides is 1. The van der Waals surface area contributed by atoms with Crippen molar-refractivity contribution in [2.24, 2.45) is 0 Å².